The van der Waals surface area contributed by atoms with E-state index >= 15 is 0 Å². The molecule has 1 aliphatic carbocycles. The second kappa shape index (κ2) is 7.26. The lowest BCUT2D eigenvalue weighted by atomic mass is 10.3. The highest BCUT2D eigenvalue weighted by atomic mass is 19.1. The van der Waals surface area contributed by atoms with Gasteiger partial charge in [-0.25, -0.2) is 9.18 Å². The highest BCUT2D eigenvalue weighted by molar-refractivity contribution is 5.90. The second-order valence-electron chi connectivity index (χ2n) is 5.17. The zero-order chi connectivity index (χ0) is 15.2. The number of ether oxygens (including phenoxy) is 1. The molecule has 1 aromatic carbocycles. The van der Waals surface area contributed by atoms with Crippen molar-refractivity contribution in [1.29, 1.82) is 0 Å². The number of halogens is 1. The van der Waals surface area contributed by atoms with Crippen molar-refractivity contribution >= 4 is 11.7 Å². The number of methoxy groups -OCH3 is 1. The van der Waals surface area contributed by atoms with Crippen LogP contribution in [0.2, 0.25) is 0 Å². The molecular formula is C15H21FN2O3. The fraction of sp³-hybridized carbons (Fsp3) is 0.533. The van der Waals surface area contributed by atoms with Crippen LogP contribution >= 0.6 is 0 Å². The molecule has 0 radical (unpaired) electrons. The number of nitrogens with one attached hydrogen (secondary N) is 1. The Kier molecular flexibility index (Phi) is 5.38. The molecule has 0 aromatic heterocycles. The molecule has 0 unspecified atom stereocenters. The number of carbonyl (C=O) groups excluding carboxylic acids is 1. The van der Waals surface area contributed by atoms with Crippen LogP contribution in [0.25, 0.3) is 0 Å². The summed E-state index contributed by atoms with van der Waals surface area (Å²) in [6, 6.07) is 4.14. The first kappa shape index (κ1) is 15.6. The molecule has 0 spiro atoms. The van der Waals surface area contributed by atoms with Gasteiger partial charge in [0.1, 0.15) is 11.6 Å². The Morgan fingerprint density at radius 1 is 1.43 bits per heavy atom. The van der Waals surface area contributed by atoms with Crippen molar-refractivity contribution in [1.82, 2.24) is 4.90 Å². The van der Waals surface area contributed by atoms with Gasteiger partial charge in [-0.05, 0) is 31.7 Å². The van der Waals surface area contributed by atoms with Gasteiger partial charge in [-0.2, -0.15) is 0 Å². The fourth-order valence-electron chi connectivity index (χ4n) is 2.18. The zero-order valence-electron chi connectivity index (χ0n) is 12.1. The molecule has 0 aliphatic heterocycles. The van der Waals surface area contributed by atoms with E-state index < -0.39 is 5.82 Å². The molecular weight excluding hydrogens is 275 g/mol. The summed E-state index contributed by atoms with van der Waals surface area (Å²) in [7, 11) is 1.45. The summed E-state index contributed by atoms with van der Waals surface area (Å²) in [5, 5.41) is 11.5. The average Bonchev–Trinajstić information content (AvgIpc) is 3.27. The lowest BCUT2D eigenvalue weighted by Crippen LogP contribution is -2.37. The largest absolute Gasteiger partial charge is 0.497 e. The highest BCUT2D eigenvalue weighted by Gasteiger charge is 2.32. The topological polar surface area (TPSA) is 61.8 Å². The number of anilines is 1. The van der Waals surface area contributed by atoms with E-state index in [2.05, 4.69) is 5.32 Å². The molecule has 1 saturated carbocycles. The standard InChI is InChI=1S/C15H21FN2O3/c1-21-14-9-11(16)8-12(10-14)17-15(20)18(13-4-5-13)6-2-3-7-19/h8-10,13,19H,2-7H2,1H3,(H,17,20). The maximum absolute atomic E-state index is 13.4. The summed E-state index contributed by atoms with van der Waals surface area (Å²) in [6.45, 7) is 0.727. The Hall–Kier alpha value is -1.82. The number of carbonyl (C=O) groups is 1. The summed E-state index contributed by atoms with van der Waals surface area (Å²) < 4.78 is 18.4. The van der Waals surface area contributed by atoms with Crippen molar-refractivity contribution in [3.8, 4) is 5.75 Å². The van der Waals surface area contributed by atoms with Crippen LogP contribution in [0.1, 0.15) is 25.7 Å². The smallest absolute Gasteiger partial charge is 0.322 e. The third-order valence-corrected chi connectivity index (χ3v) is 3.41. The summed E-state index contributed by atoms with van der Waals surface area (Å²) in [6.07, 6.45) is 3.43. The van der Waals surface area contributed by atoms with E-state index in [1.54, 1.807) is 11.0 Å². The van der Waals surface area contributed by atoms with Gasteiger partial charge in [0, 0.05) is 37.0 Å². The quantitative estimate of drug-likeness (QED) is 0.760. The first-order chi connectivity index (χ1) is 10.1. The number of amides is 2. The van der Waals surface area contributed by atoms with Crippen molar-refractivity contribution in [2.45, 2.75) is 31.7 Å². The van der Waals surface area contributed by atoms with Gasteiger partial charge >= 0.3 is 6.03 Å². The van der Waals surface area contributed by atoms with Gasteiger partial charge in [0.25, 0.3) is 0 Å². The maximum Gasteiger partial charge on any atom is 0.322 e. The minimum absolute atomic E-state index is 0.126. The number of hydrogen-bond donors (Lipinski definition) is 2. The molecule has 1 aromatic rings. The van der Waals surface area contributed by atoms with Crippen LogP contribution in [0.15, 0.2) is 18.2 Å². The molecule has 21 heavy (non-hydrogen) atoms. The summed E-state index contributed by atoms with van der Waals surface area (Å²) in [4.78, 5) is 14.0. The van der Waals surface area contributed by atoms with Crippen LogP contribution in [-0.4, -0.2) is 42.3 Å². The van der Waals surface area contributed by atoms with Gasteiger partial charge in [0.05, 0.1) is 7.11 Å². The van der Waals surface area contributed by atoms with E-state index in [0.29, 0.717) is 24.4 Å². The number of urea groups is 1. The van der Waals surface area contributed by atoms with E-state index in [0.717, 1.165) is 19.3 Å². The van der Waals surface area contributed by atoms with Crippen LogP contribution in [0.4, 0.5) is 14.9 Å². The molecule has 0 saturated heterocycles. The summed E-state index contributed by atoms with van der Waals surface area (Å²) in [5.74, 6) is -0.0912. The average molecular weight is 296 g/mol. The maximum atomic E-state index is 13.4. The predicted octanol–water partition coefficient (Wildman–Crippen LogP) is 2.60. The van der Waals surface area contributed by atoms with Crippen molar-refractivity contribution in [3.05, 3.63) is 24.0 Å². The van der Waals surface area contributed by atoms with E-state index in [4.69, 9.17) is 9.84 Å². The van der Waals surface area contributed by atoms with Crippen LogP contribution in [0.5, 0.6) is 5.75 Å². The van der Waals surface area contributed by atoms with Crippen molar-refractivity contribution in [3.63, 3.8) is 0 Å². The molecule has 0 bridgehead atoms. The minimum atomic E-state index is -0.456. The van der Waals surface area contributed by atoms with Gasteiger partial charge < -0.3 is 20.1 Å². The van der Waals surface area contributed by atoms with Crippen LogP contribution in [-0.2, 0) is 0 Å². The Morgan fingerprint density at radius 3 is 2.81 bits per heavy atom. The first-order valence-electron chi connectivity index (χ1n) is 7.17. The second-order valence-corrected chi connectivity index (χ2v) is 5.17. The van der Waals surface area contributed by atoms with Gasteiger partial charge in [-0.3, -0.25) is 0 Å². The number of aliphatic hydroxyl groups is 1. The first-order valence-corrected chi connectivity index (χ1v) is 7.17. The lowest BCUT2D eigenvalue weighted by Gasteiger charge is -2.23. The molecule has 116 valence electrons. The molecule has 6 heteroatoms. The predicted molar refractivity (Wildman–Crippen MR) is 78.0 cm³/mol. The molecule has 0 heterocycles. The normalized spacial score (nSPS) is 13.9. The SMILES string of the molecule is COc1cc(F)cc(NC(=O)N(CCCCO)C2CC2)c1. The molecule has 1 aliphatic rings. The number of benzene rings is 1. The number of nitrogens with zero attached hydrogens (tertiary/aromatic N) is 1. The Bertz CT molecular complexity index is 492. The number of hydrogen-bond acceptors (Lipinski definition) is 3. The molecule has 1 fully saturated rings. The van der Waals surface area contributed by atoms with Gasteiger partial charge in [0.2, 0.25) is 0 Å². The van der Waals surface area contributed by atoms with E-state index in [1.165, 1.54) is 19.2 Å². The van der Waals surface area contributed by atoms with E-state index in [9.17, 15) is 9.18 Å². The Balaban J connectivity index is 1.99. The number of rotatable bonds is 7. The third kappa shape index (κ3) is 4.60. The lowest BCUT2D eigenvalue weighted by molar-refractivity contribution is 0.204. The summed E-state index contributed by atoms with van der Waals surface area (Å²) >= 11 is 0. The fourth-order valence-corrected chi connectivity index (χ4v) is 2.18. The molecule has 5 nitrogen and oxygen atoms in total. The van der Waals surface area contributed by atoms with Gasteiger partial charge in [-0.15, -0.1) is 0 Å². The number of unbranched alkanes of at least 4 members (excludes halogenated alkanes) is 1. The molecule has 2 amide bonds. The van der Waals surface area contributed by atoms with Crippen LogP contribution < -0.4 is 10.1 Å². The zero-order valence-corrected chi connectivity index (χ0v) is 12.1. The monoisotopic (exact) mass is 296 g/mol. The number of aliphatic hydroxyl groups excluding tert-OH is 1. The molecule has 0 atom stereocenters. The Morgan fingerprint density at radius 2 is 2.19 bits per heavy atom. The summed E-state index contributed by atoms with van der Waals surface area (Å²) in [5.41, 5.74) is 0.379. The van der Waals surface area contributed by atoms with Crippen molar-refractivity contribution < 1.29 is 19.0 Å². The molecule has 2 N–H and O–H groups in total. The van der Waals surface area contributed by atoms with Crippen molar-refractivity contribution in [2.24, 2.45) is 0 Å². The molecule has 2 rings (SSSR count). The minimum Gasteiger partial charge on any atom is -0.497 e. The third-order valence-electron chi connectivity index (χ3n) is 3.41. The van der Waals surface area contributed by atoms with Gasteiger partial charge in [0.15, 0.2) is 0 Å². The van der Waals surface area contributed by atoms with Crippen LogP contribution in [0.3, 0.4) is 0 Å². The Labute approximate surface area is 123 Å². The van der Waals surface area contributed by atoms with E-state index in [-0.39, 0.29) is 18.7 Å². The van der Waals surface area contributed by atoms with Crippen molar-refractivity contribution in [2.75, 3.05) is 25.6 Å². The van der Waals surface area contributed by atoms with Gasteiger partial charge in [-0.1, -0.05) is 0 Å². The highest BCUT2D eigenvalue weighted by Crippen LogP contribution is 2.28. The van der Waals surface area contributed by atoms with Crippen LogP contribution in [0, 0.1) is 5.82 Å². The van der Waals surface area contributed by atoms with E-state index in [1.807, 2.05) is 0 Å².